The Bertz CT molecular complexity index is 662. The molecule has 0 unspecified atom stereocenters. The second-order valence-electron chi connectivity index (χ2n) is 3.86. The maximum atomic E-state index is 6.21. The number of nitrogens with zero attached hydrogens (tertiary/aromatic N) is 1. The van der Waals surface area contributed by atoms with Crippen LogP contribution in [0.4, 0.5) is 0 Å². The molecular weight excluding hydrogens is 262 g/mol. The zero-order valence-corrected chi connectivity index (χ0v) is 11.0. The highest BCUT2D eigenvalue weighted by atomic mass is 35.5. The molecule has 0 saturated carbocycles. The van der Waals surface area contributed by atoms with Crippen LogP contribution in [-0.2, 0) is 0 Å². The number of thiazole rings is 1. The van der Waals surface area contributed by atoms with Crippen LogP contribution in [0.5, 0.6) is 0 Å². The Hall–Kier alpha value is -1.64. The fourth-order valence-electron chi connectivity index (χ4n) is 1.83. The average molecular weight is 271 g/mol. The van der Waals surface area contributed by atoms with E-state index in [4.69, 9.17) is 11.6 Å². The van der Waals surface area contributed by atoms with Gasteiger partial charge in [0.15, 0.2) is 0 Å². The third-order valence-electron chi connectivity index (χ3n) is 2.70. The number of hydrogen-bond acceptors (Lipinski definition) is 2. The molecule has 0 bridgehead atoms. The van der Waals surface area contributed by atoms with Gasteiger partial charge in [0, 0.05) is 21.5 Å². The summed E-state index contributed by atoms with van der Waals surface area (Å²) in [5, 5.41) is 2.78. The number of aromatic nitrogens is 1. The lowest BCUT2D eigenvalue weighted by molar-refractivity contribution is 1.41. The molecule has 0 atom stereocenters. The predicted octanol–water partition coefficient (Wildman–Crippen LogP) is 4.93. The maximum Gasteiger partial charge on any atom is 0.0811 e. The quantitative estimate of drug-likeness (QED) is 0.643. The summed E-state index contributed by atoms with van der Waals surface area (Å²) >= 11 is 7.80. The molecule has 0 aliphatic carbocycles. The van der Waals surface area contributed by atoms with Crippen molar-refractivity contribution >= 4 is 22.9 Å². The first-order valence-electron chi connectivity index (χ1n) is 5.49. The van der Waals surface area contributed by atoms with Crippen molar-refractivity contribution in [2.75, 3.05) is 0 Å². The van der Waals surface area contributed by atoms with Crippen molar-refractivity contribution in [3.63, 3.8) is 0 Å². The van der Waals surface area contributed by atoms with E-state index in [0.717, 1.165) is 27.4 Å². The predicted molar refractivity (Wildman–Crippen MR) is 76.8 cm³/mol. The van der Waals surface area contributed by atoms with Gasteiger partial charge in [0.05, 0.1) is 11.2 Å². The Balaban J connectivity index is 2.10. The highest BCUT2D eigenvalue weighted by Crippen LogP contribution is 2.30. The van der Waals surface area contributed by atoms with E-state index in [9.17, 15) is 0 Å². The van der Waals surface area contributed by atoms with Gasteiger partial charge in [-0.1, -0.05) is 29.8 Å². The van der Waals surface area contributed by atoms with Crippen LogP contribution in [0.3, 0.4) is 0 Å². The zero-order chi connectivity index (χ0) is 12.4. The Kier molecular flexibility index (Phi) is 3.13. The van der Waals surface area contributed by atoms with Gasteiger partial charge >= 0.3 is 0 Å². The fraction of sp³-hybridized carbons (Fsp3) is 0. The van der Waals surface area contributed by atoms with Crippen LogP contribution in [0.1, 0.15) is 0 Å². The number of hydrogen-bond donors (Lipinski definition) is 0. The number of halogens is 1. The van der Waals surface area contributed by atoms with Gasteiger partial charge in [0.2, 0.25) is 0 Å². The molecule has 0 saturated heterocycles. The maximum absolute atomic E-state index is 6.21. The van der Waals surface area contributed by atoms with Gasteiger partial charge < -0.3 is 0 Å². The van der Waals surface area contributed by atoms with Gasteiger partial charge in [0.1, 0.15) is 0 Å². The molecule has 0 N–H and O–H groups in total. The summed E-state index contributed by atoms with van der Waals surface area (Å²) in [5.74, 6) is 0. The van der Waals surface area contributed by atoms with E-state index in [1.54, 1.807) is 11.3 Å². The molecule has 1 heterocycles. The Morgan fingerprint density at radius 1 is 1.11 bits per heavy atom. The van der Waals surface area contributed by atoms with Crippen molar-refractivity contribution < 1.29 is 0 Å². The Labute approximate surface area is 115 Å². The third-order valence-corrected chi connectivity index (χ3v) is 3.62. The smallest absolute Gasteiger partial charge is 0.0811 e. The van der Waals surface area contributed by atoms with Gasteiger partial charge in [-0.25, -0.2) is 4.98 Å². The molecule has 18 heavy (non-hydrogen) atoms. The van der Waals surface area contributed by atoms with Crippen molar-refractivity contribution in [2.45, 2.75) is 0 Å². The molecule has 0 fully saturated rings. The van der Waals surface area contributed by atoms with E-state index in [1.807, 2.05) is 47.3 Å². The summed E-state index contributed by atoms with van der Waals surface area (Å²) in [4.78, 5) is 4.31. The topological polar surface area (TPSA) is 12.9 Å². The molecule has 1 nitrogen and oxygen atoms in total. The minimum Gasteiger partial charge on any atom is -0.245 e. The van der Waals surface area contributed by atoms with Crippen molar-refractivity contribution in [2.24, 2.45) is 0 Å². The van der Waals surface area contributed by atoms with Crippen molar-refractivity contribution in [3.05, 3.63) is 64.4 Å². The summed E-state index contributed by atoms with van der Waals surface area (Å²) in [6, 6.07) is 16.9. The van der Waals surface area contributed by atoms with E-state index in [-0.39, 0.29) is 0 Å². The summed E-state index contributed by atoms with van der Waals surface area (Å²) < 4.78 is 0. The lowest BCUT2D eigenvalue weighted by Gasteiger charge is -2.05. The van der Waals surface area contributed by atoms with Crippen LogP contribution < -0.4 is 0 Å². The molecule has 2 aromatic carbocycles. The SMILES string of the molecule is Clc1ccccc1-c1c[c]cc(-c2cscn2)c1. The van der Waals surface area contributed by atoms with Crippen molar-refractivity contribution in [1.29, 1.82) is 0 Å². The molecule has 0 aliphatic heterocycles. The number of rotatable bonds is 2. The largest absolute Gasteiger partial charge is 0.245 e. The second-order valence-corrected chi connectivity index (χ2v) is 4.99. The first-order chi connectivity index (χ1) is 8.84. The molecule has 3 heteroatoms. The summed E-state index contributed by atoms with van der Waals surface area (Å²) in [6.07, 6.45) is 0. The normalized spacial score (nSPS) is 10.5. The van der Waals surface area contributed by atoms with Gasteiger partial charge in [-0.2, -0.15) is 0 Å². The highest BCUT2D eigenvalue weighted by Gasteiger charge is 2.05. The molecule has 87 valence electrons. The monoisotopic (exact) mass is 270 g/mol. The van der Waals surface area contributed by atoms with E-state index >= 15 is 0 Å². The zero-order valence-electron chi connectivity index (χ0n) is 9.43. The third kappa shape index (κ3) is 2.17. The first-order valence-corrected chi connectivity index (χ1v) is 6.81. The van der Waals surface area contributed by atoms with Crippen LogP contribution in [-0.4, -0.2) is 4.98 Å². The van der Waals surface area contributed by atoms with E-state index in [0.29, 0.717) is 0 Å². The van der Waals surface area contributed by atoms with Crippen LogP contribution in [0.15, 0.2) is 53.4 Å². The van der Waals surface area contributed by atoms with Crippen molar-refractivity contribution in [1.82, 2.24) is 4.98 Å². The first kappa shape index (κ1) is 11.5. The Morgan fingerprint density at radius 2 is 1.94 bits per heavy atom. The van der Waals surface area contributed by atoms with Gasteiger partial charge in [-0.05, 0) is 35.9 Å². The molecule has 0 amide bonds. The van der Waals surface area contributed by atoms with E-state index < -0.39 is 0 Å². The molecule has 3 aromatic rings. The molecular formula is C15H9ClNS. The second kappa shape index (κ2) is 4.92. The molecule has 0 spiro atoms. The summed E-state index contributed by atoms with van der Waals surface area (Å²) in [7, 11) is 0. The standard InChI is InChI=1S/C15H9ClNS/c16-14-7-2-1-6-13(14)11-4-3-5-12(8-11)15-9-18-10-17-15/h1-2,4-10H. The minimum atomic E-state index is 0.751. The van der Waals surface area contributed by atoms with E-state index in [1.165, 1.54) is 0 Å². The lowest BCUT2D eigenvalue weighted by Crippen LogP contribution is -1.82. The molecule has 1 aromatic heterocycles. The highest BCUT2D eigenvalue weighted by molar-refractivity contribution is 7.07. The summed E-state index contributed by atoms with van der Waals surface area (Å²) in [6.45, 7) is 0. The van der Waals surface area contributed by atoms with Crippen LogP contribution in [0.2, 0.25) is 5.02 Å². The Morgan fingerprint density at radius 3 is 2.72 bits per heavy atom. The van der Waals surface area contributed by atoms with Crippen LogP contribution >= 0.6 is 22.9 Å². The van der Waals surface area contributed by atoms with E-state index in [2.05, 4.69) is 17.1 Å². The molecule has 3 rings (SSSR count). The average Bonchev–Trinajstić information content (AvgIpc) is 2.93. The van der Waals surface area contributed by atoms with Gasteiger partial charge in [0.25, 0.3) is 0 Å². The van der Waals surface area contributed by atoms with Gasteiger partial charge in [-0.3, -0.25) is 0 Å². The van der Waals surface area contributed by atoms with Gasteiger partial charge in [-0.15, -0.1) is 11.3 Å². The van der Waals surface area contributed by atoms with Crippen LogP contribution in [0.25, 0.3) is 22.4 Å². The van der Waals surface area contributed by atoms with Crippen molar-refractivity contribution in [3.8, 4) is 22.4 Å². The minimum absolute atomic E-state index is 0.751. The fourth-order valence-corrected chi connectivity index (χ4v) is 2.63. The van der Waals surface area contributed by atoms with Crippen LogP contribution in [0, 0.1) is 6.07 Å². The summed E-state index contributed by atoms with van der Waals surface area (Å²) in [5.41, 5.74) is 5.95. The lowest BCUT2D eigenvalue weighted by atomic mass is 10.0. The molecule has 0 aliphatic rings. The number of benzene rings is 2. The molecule has 1 radical (unpaired) electrons.